The lowest BCUT2D eigenvalue weighted by atomic mass is 9.95. The van der Waals surface area contributed by atoms with Crippen molar-refractivity contribution in [3.05, 3.63) is 18.0 Å². The average Bonchev–Trinajstić information content (AvgIpc) is 3.22. The third-order valence-electron chi connectivity index (χ3n) is 5.00. The van der Waals surface area contributed by atoms with Gasteiger partial charge in [-0.2, -0.15) is 5.10 Å². The fourth-order valence-corrected chi connectivity index (χ4v) is 3.49. The fourth-order valence-electron chi connectivity index (χ4n) is 3.49. The minimum absolute atomic E-state index is 0.0280. The van der Waals surface area contributed by atoms with E-state index in [2.05, 4.69) is 21.0 Å². The van der Waals surface area contributed by atoms with Crippen LogP contribution in [0.5, 0.6) is 0 Å². The van der Waals surface area contributed by atoms with E-state index in [0.29, 0.717) is 25.2 Å². The summed E-state index contributed by atoms with van der Waals surface area (Å²) in [6.45, 7) is 1.80. The molecular formula is C17H27N5O3. The van der Waals surface area contributed by atoms with E-state index in [0.717, 1.165) is 12.8 Å². The van der Waals surface area contributed by atoms with Crippen LogP contribution >= 0.6 is 0 Å². The quantitative estimate of drug-likeness (QED) is 0.561. The summed E-state index contributed by atoms with van der Waals surface area (Å²) in [6, 6.07) is 0.269. The number of carbonyl (C=O) groups excluding carboxylic acids is 2. The topological polar surface area (TPSA) is 108 Å². The van der Waals surface area contributed by atoms with Crippen LogP contribution in [0.2, 0.25) is 0 Å². The van der Waals surface area contributed by atoms with Gasteiger partial charge in [-0.15, -0.1) is 0 Å². The summed E-state index contributed by atoms with van der Waals surface area (Å²) >= 11 is 0. The van der Waals surface area contributed by atoms with Crippen LogP contribution in [0.25, 0.3) is 0 Å². The van der Waals surface area contributed by atoms with Crippen LogP contribution in [0.15, 0.2) is 12.4 Å². The molecule has 2 amide bonds. The van der Waals surface area contributed by atoms with E-state index in [-0.39, 0.29) is 30.3 Å². The number of aromatic nitrogens is 2. The normalized spacial score (nSPS) is 24.2. The number of hydrogen-bond donors (Lipinski definition) is 4. The minimum Gasteiger partial charge on any atom is -0.391 e. The van der Waals surface area contributed by atoms with Gasteiger partial charge in [0.15, 0.2) is 0 Å². The van der Waals surface area contributed by atoms with E-state index in [9.17, 15) is 14.7 Å². The first kappa shape index (κ1) is 17.9. The molecule has 4 N–H and O–H groups in total. The van der Waals surface area contributed by atoms with E-state index in [1.807, 2.05) is 0 Å². The molecule has 1 saturated carbocycles. The Morgan fingerprint density at radius 3 is 2.80 bits per heavy atom. The number of carbonyl (C=O) groups is 2. The van der Waals surface area contributed by atoms with Gasteiger partial charge >= 0.3 is 0 Å². The Hall–Kier alpha value is -1.93. The molecule has 2 atom stereocenters. The van der Waals surface area contributed by atoms with Gasteiger partial charge in [-0.05, 0) is 12.8 Å². The molecule has 8 nitrogen and oxygen atoms in total. The molecule has 0 spiro atoms. The second-order valence-electron chi connectivity index (χ2n) is 7.02. The highest BCUT2D eigenvalue weighted by atomic mass is 16.3. The summed E-state index contributed by atoms with van der Waals surface area (Å²) in [6.07, 6.45) is 8.29. The molecule has 2 aliphatic rings. The number of amides is 2. The monoisotopic (exact) mass is 349 g/mol. The van der Waals surface area contributed by atoms with Crippen molar-refractivity contribution in [2.75, 3.05) is 19.6 Å². The Morgan fingerprint density at radius 1 is 1.28 bits per heavy atom. The molecule has 138 valence electrons. The average molecular weight is 349 g/mol. The van der Waals surface area contributed by atoms with Crippen molar-refractivity contribution in [2.45, 2.75) is 50.8 Å². The standard InChI is InChI=1S/C17H27N5O3/c23-15-9-18-6-12(15)7-19-17(25)13-8-20-22(10-13)11-16(24)21-14-4-2-1-3-5-14/h8,10,12,14-15,18,23H,1-7,9,11H2,(H,19,25)(H,21,24). The predicted octanol–water partition coefficient (Wildman–Crippen LogP) is -0.358. The maximum absolute atomic E-state index is 12.2. The molecule has 1 saturated heterocycles. The summed E-state index contributed by atoms with van der Waals surface area (Å²) in [7, 11) is 0. The molecule has 8 heteroatoms. The van der Waals surface area contributed by atoms with E-state index in [4.69, 9.17) is 0 Å². The molecule has 1 aliphatic carbocycles. The molecule has 2 fully saturated rings. The van der Waals surface area contributed by atoms with Crippen molar-refractivity contribution < 1.29 is 14.7 Å². The van der Waals surface area contributed by atoms with Gasteiger partial charge in [0.25, 0.3) is 5.91 Å². The summed E-state index contributed by atoms with van der Waals surface area (Å²) in [5.41, 5.74) is 0.422. The number of aliphatic hydroxyl groups excluding tert-OH is 1. The third kappa shape index (κ3) is 5.02. The molecule has 1 aliphatic heterocycles. The van der Waals surface area contributed by atoms with Gasteiger partial charge in [0.05, 0.1) is 17.9 Å². The van der Waals surface area contributed by atoms with E-state index in [1.165, 1.54) is 30.1 Å². The van der Waals surface area contributed by atoms with Crippen LogP contribution in [-0.4, -0.2) is 58.5 Å². The molecule has 2 unspecified atom stereocenters. The number of rotatable bonds is 6. The highest BCUT2D eigenvalue weighted by Crippen LogP contribution is 2.17. The van der Waals surface area contributed by atoms with Crippen LogP contribution in [0, 0.1) is 5.92 Å². The number of aliphatic hydroxyl groups is 1. The van der Waals surface area contributed by atoms with Crippen molar-refractivity contribution in [3.8, 4) is 0 Å². The Kier molecular flexibility index (Phi) is 6.04. The molecular weight excluding hydrogens is 322 g/mol. The van der Waals surface area contributed by atoms with Gasteiger partial charge in [0.1, 0.15) is 6.54 Å². The lowest BCUT2D eigenvalue weighted by Gasteiger charge is -2.22. The zero-order valence-electron chi connectivity index (χ0n) is 14.4. The second kappa shape index (κ2) is 8.44. The Labute approximate surface area is 147 Å². The lowest BCUT2D eigenvalue weighted by molar-refractivity contribution is -0.122. The van der Waals surface area contributed by atoms with Crippen LogP contribution in [0.4, 0.5) is 0 Å². The number of β-amino-alcohol motifs (C(OH)–C–C–N with tert-alkyl or cyclic N) is 1. The van der Waals surface area contributed by atoms with Crippen molar-refractivity contribution in [3.63, 3.8) is 0 Å². The predicted molar refractivity (Wildman–Crippen MR) is 91.9 cm³/mol. The van der Waals surface area contributed by atoms with E-state index < -0.39 is 6.10 Å². The summed E-state index contributed by atoms with van der Waals surface area (Å²) in [5, 5.41) is 22.8. The van der Waals surface area contributed by atoms with Crippen LogP contribution < -0.4 is 16.0 Å². The maximum atomic E-state index is 12.2. The van der Waals surface area contributed by atoms with Gasteiger partial charge in [0.2, 0.25) is 5.91 Å². The fraction of sp³-hybridized carbons (Fsp3) is 0.706. The van der Waals surface area contributed by atoms with Crippen molar-refractivity contribution in [1.82, 2.24) is 25.7 Å². The first-order valence-electron chi connectivity index (χ1n) is 9.10. The maximum Gasteiger partial charge on any atom is 0.254 e. The minimum atomic E-state index is -0.425. The first-order valence-corrected chi connectivity index (χ1v) is 9.10. The molecule has 25 heavy (non-hydrogen) atoms. The number of nitrogens with zero attached hydrogens (tertiary/aromatic N) is 2. The lowest BCUT2D eigenvalue weighted by Crippen LogP contribution is -2.38. The molecule has 1 aromatic rings. The number of hydrogen-bond acceptors (Lipinski definition) is 5. The van der Waals surface area contributed by atoms with Gasteiger partial charge < -0.3 is 21.1 Å². The third-order valence-corrected chi connectivity index (χ3v) is 5.00. The molecule has 0 radical (unpaired) electrons. The molecule has 0 aromatic carbocycles. The van der Waals surface area contributed by atoms with Gasteiger partial charge in [-0.3, -0.25) is 14.3 Å². The Morgan fingerprint density at radius 2 is 2.08 bits per heavy atom. The smallest absolute Gasteiger partial charge is 0.254 e. The SMILES string of the molecule is O=C(Cn1cc(C(=O)NCC2CNCC2O)cn1)NC1CCCCC1. The Balaban J connectivity index is 1.44. The first-order chi connectivity index (χ1) is 12.1. The van der Waals surface area contributed by atoms with Gasteiger partial charge in [-0.1, -0.05) is 19.3 Å². The molecule has 0 bridgehead atoms. The summed E-state index contributed by atoms with van der Waals surface area (Å²) in [5.74, 6) is -0.277. The van der Waals surface area contributed by atoms with Crippen molar-refractivity contribution in [1.29, 1.82) is 0 Å². The highest BCUT2D eigenvalue weighted by Gasteiger charge is 2.25. The van der Waals surface area contributed by atoms with Gasteiger partial charge in [-0.25, -0.2) is 0 Å². The summed E-state index contributed by atoms with van der Waals surface area (Å²) in [4.78, 5) is 24.2. The van der Waals surface area contributed by atoms with Gasteiger partial charge in [0, 0.05) is 37.8 Å². The zero-order valence-corrected chi connectivity index (χ0v) is 14.4. The largest absolute Gasteiger partial charge is 0.391 e. The molecule has 3 rings (SSSR count). The zero-order chi connectivity index (χ0) is 17.6. The van der Waals surface area contributed by atoms with Crippen molar-refractivity contribution >= 4 is 11.8 Å². The number of nitrogens with one attached hydrogen (secondary N) is 3. The van der Waals surface area contributed by atoms with E-state index in [1.54, 1.807) is 6.20 Å². The second-order valence-corrected chi connectivity index (χ2v) is 7.02. The highest BCUT2D eigenvalue weighted by molar-refractivity contribution is 5.93. The molecule has 2 heterocycles. The van der Waals surface area contributed by atoms with Crippen LogP contribution in [0.1, 0.15) is 42.5 Å². The molecule has 1 aromatic heterocycles. The van der Waals surface area contributed by atoms with E-state index >= 15 is 0 Å². The van der Waals surface area contributed by atoms with Crippen LogP contribution in [0.3, 0.4) is 0 Å². The van der Waals surface area contributed by atoms with Crippen LogP contribution in [-0.2, 0) is 11.3 Å². The summed E-state index contributed by atoms with van der Waals surface area (Å²) < 4.78 is 1.49. The Bertz CT molecular complexity index is 597. The van der Waals surface area contributed by atoms with Crippen molar-refractivity contribution in [2.24, 2.45) is 5.92 Å².